The topological polar surface area (TPSA) is 105 Å². The second-order valence-electron chi connectivity index (χ2n) is 7.69. The molecule has 1 aliphatic heterocycles. The summed E-state index contributed by atoms with van der Waals surface area (Å²) in [5.41, 5.74) is 1.53. The fourth-order valence-electron chi connectivity index (χ4n) is 3.44. The maximum atomic E-state index is 12.8. The summed E-state index contributed by atoms with van der Waals surface area (Å²) in [4.78, 5) is 38.0. The Kier molecular flexibility index (Phi) is 9.27. The highest BCUT2D eigenvalue weighted by molar-refractivity contribution is 8.26. The van der Waals surface area contributed by atoms with Gasteiger partial charge in [0.25, 0.3) is 5.91 Å². The van der Waals surface area contributed by atoms with E-state index in [4.69, 9.17) is 26.8 Å². The summed E-state index contributed by atoms with van der Waals surface area (Å²) < 4.78 is 11.1. The second-order valence-corrected chi connectivity index (χ2v) is 9.36. The van der Waals surface area contributed by atoms with Crippen molar-refractivity contribution in [3.8, 4) is 11.5 Å². The number of amides is 2. The van der Waals surface area contributed by atoms with E-state index in [0.29, 0.717) is 45.8 Å². The van der Waals surface area contributed by atoms with Gasteiger partial charge < -0.3 is 19.9 Å². The third kappa shape index (κ3) is 7.06. The van der Waals surface area contributed by atoms with Gasteiger partial charge in [-0.05, 0) is 60.9 Å². The number of nitrogens with zero attached hydrogens (tertiary/aromatic N) is 1. The Morgan fingerprint density at radius 2 is 1.77 bits per heavy atom. The molecule has 0 aromatic heterocycles. The van der Waals surface area contributed by atoms with Crippen molar-refractivity contribution in [2.75, 3.05) is 26.1 Å². The smallest absolute Gasteiger partial charge is 0.335 e. The molecule has 8 nitrogen and oxygen atoms in total. The minimum Gasteiger partial charge on any atom is -0.493 e. The van der Waals surface area contributed by atoms with E-state index < -0.39 is 5.97 Å². The molecule has 0 radical (unpaired) electrons. The van der Waals surface area contributed by atoms with Crippen LogP contribution in [0.1, 0.15) is 41.6 Å². The predicted molar refractivity (Wildman–Crippen MR) is 140 cm³/mol. The molecular formula is C25H26N2O6S2. The molecule has 2 amide bonds. The van der Waals surface area contributed by atoms with E-state index in [0.717, 1.165) is 18.4 Å². The van der Waals surface area contributed by atoms with Gasteiger partial charge in [-0.3, -0.25) is 14.5 Å². The normalized spacial score (nSPS) is 14.3. The average Bonchev–Trinajstić information content (AvgIpc) is 3.11. The lowest BCUT2D eigenvalue weighted by Crippen LogP contribution is -2.29. The number of unbranched alkanes of at least 4 members (excludes halogenated alkanes) is 2. The average molecular weight is 515 g/mol. The lowest BCUT2D eigenvalue weighted by molar-refractivity contribution is -0.122. The van der Waals surface area contributed by atoms with E-state index in [1.54, 1.807) is 49.5 Å². The Hall–Kier alpha value is -3.37. The fraction of sp³-hybridized carbons (Fsp3) is 0.280. The number of nitrogens with one attached hydrogen (secondary N) is 1. The van der Waals surface area contributed by atoms with Crippen molar-refractivity contribution < 1.29 is 29.0 Å². The van der Waals surface area contributed by atoms with E-state index in [-0.39, 0.29) is 17.4 Å². The van der Waals surface area contributed by atoms with E-state index in [9.17, 15) is 14.4 Å². The number of anilines is 1. The number of carbonyl (C=O) groups excluding carboxylic acids is 2. The Morgan fingerprint density at radius 3 is 2.43 bits per heavy atom. The van der Waals surface area contributed by atoms with E-state index in [1.165, 1.54) is 23.9 Å². The number of ether oxygens (including phenoxy) is 2. The number of hydrogen-bond acceptors (Lipinski definition) is 7. The van der Waals surface area contributed by atoms with Crippen LogP contribution in [0.5, 0.6) is 11.5 Å². The molecule has 0 aliphatic carbocycles. The largest absolute Gasteiger partial charge is 0.493 e. The van der Waals surface area contributed by atoms with Crippen molar-refractivity contribution in [1.29, 1.82) is 0 Å². The Morgan fingerprint density at radius 1 is 1.06 bits per heavy atom. The van der Waals surface area contributed by atoms with Crippen molar-refractivity contribution in [2.45, 2.75) is 25.7 Å². The van der Waals surface area contributed by atoms with Crippen LogP contribution in [0.2, 0.25) is 0 Å². The summed E-state index contributed by atoms with van der Waals surface area (Å²) in [5.74, 6) is -0.0882. The van der Waals surface area contributed by atoms with Crippen LogP contribution in [0, 0.1) is 0 Å². The SMILES string of the molecule is COc1ccc(C=C2SC(=S)N(CCCCCC(=O)Nc3ccc(C(=O)O)cc3)C2=O)cc1OC. The molecule has 35 heavy (non-hydrogen) atoms. The van der Waals surface area contributed by atoms with Crippen LogP contribution in [0.3, 0.4) is 0 Å². The summed E-state index contributed by atoms with van der Waals surface area (Å²) in [6.07, 6.45) is 4.26. The van der Waals surface area contributed by atoms with Crippen LogP contribution in [0.4, 0.5) is 5.69 Å². The zero-order valence-corrected chi connectivity index (χ0v) is 21.0. The molecule has 184 valence electrons. The number of benzene rings is 2. The third-order valence-corrected chi connectivity index (χ3v) is 6.66. The predicted octanol–water partition coefficient (Wildman–Crippen LogP) is 4.80. The van der Waals surface area contributed by atoms with Crippen LogP contribution >= 0.6 is 24.0 Å². The van der Waals surface area contributed by atoms with Gasteiger partial charge in [0, 0.05) is 18.7 Å². The molecule has 2 N–H and O–H groups in total. The van der Waals surface area contributed by atoms with Crippen LogP contribution in [0.25, 0.3) is 6.08 Å². The highest BCUT2D eigenvalue weighted by Crippen LogP contribution is 2.34. The number of thiocarbonyl (C=S) groups is 1. The van der Waals surface area contributed by atoms with Gasteiger partial charge in [-0.2, -0.15) is 0 Å². The minimum atomic E-state index is -1.01. The number of carboxylic acid groups (broad SMARTS) is 1. The number of rotatable bonds is 11. The van der Waals surface area contributed by atoms with E-state index >= 15 is 0 Å². The number of methoxy groups -OCH3 is 2. The number of carboxylic acids is 1. The summed E-state index contributed by atoms with van der Waals surface area (Å²) in [7, 11) is 3.12. The van der Waals surface area contributed by atoms with Crippen molar-refractivity contribution in [3.05, 3.63) is 58.5 Å². The van der Waals surface area contributed by atoms with E-state index in [2.05, 4.69) is 5.32 Å². The second kappa shape index (κ2) is 12.4. The van der Waals surface area contributed by atoms with Crippen molar-refractivity contribution in [1.82, 2.24) is 4.90 Å². The molecule has 2 aromatic rings. The molecule has 2 aromatic carbocycles. The summed E-state index contributed by atoms with van der Waals surface area (Å²) in [6, 6.07) is 11.4. The van der Waals surface area contributed by atoms with Crippen LogP contribution in [-0.2, 0) is 9.59 Å². The summed E-state index contributed by atoms with van der Waals surface area (Å²) in [6.45, 7) is 0.492. The van der Waals surface area contributed by atoms with Gasteiger partial charge in [-0.25, -0.2) is 4.79 Å². The molecule has 1 heterocycles. The van der Waals surface area contributed by atoms with Crippen LogP contribution in [-0.4, -0.2) is 52.9 Å². The maximum absolute atomic E-state index is 12.8. The first-order valence-corrected chi connectivity index (χ1v) is 12.2. The Labute approximate surface area is 213 Å². The zero-order valence-electron chi connectivity index (χ0n) is 19.4. The minimum absolute atomic E-state index is 0.127. The van der Waals surface area contributed by atoms with Crippen LogP contribution < -0.4 is 14.8 Å². The molecule has 0 atom stereocenters. The molecule has 0 unspecified atom stereocenters. The third-order valence-electron chi connectivity index (χ3n) is 5.28. The molecule has 10 heteroatoms. The molecule has 1 saturated heterocycles. The summed E-state index contributed by atoms with van der Waals surface area (Å²) >= 11 is 6.67. The number of aromatic carboxylic acids is 1. The lowest BCUT2D eigenvalue weighted by Gasteiger charge is -2.14. The molecule has 0 saturated carbocycles. The molecule has 0 spiro atoms. The van der Waals surface area contributed by atoms with Gasteiger partial charge in [0.2, 0.25) is 5.91 Å². The fourth-order valence-corrected chi connectivity index (χ4v) is 4.75. The quantitative estimate of drug-likeness (QED) is 0.250. The van der Waals surface area contributed by atoms with Gasteiger partial charge in [-0.15, -0.1) is 0 Å². The molecule has 3 rings (SSSR count). The van der Waals surface area contributed by atoms with Gasteiger partial charge in [0.1, 0.15) is 4.32 Å². The van der Waals surface area contributed by atoms with Crippen molar-refractivity contribution >= 4 is 57.8 Å². The maximum Gasteiger partial charge on any atom is 0.335 e. The first-order chi connectivity index (χ1) is 16.8. The van der Waals surface area contributed by atoms with Gasteiger partial charge in [0.05, 0.1) is 24.7 Å². The van der Waals surface area contributed by atoms with Gasteiger partial charge >= 0.3 is 5.97 Å². The number of carbonyl (C=O) groups is 3. The highest BCUT2D eigenvalue weighted by Gasteiger charge is 2.31. The van der Waals surface area contributed by atoms with Gasteiger partial charge in [-0.1, -0.05) is 36.5 Å². The van der Waals surface area contributed by atoms with E-state index in [1.807, 2.05) is 6.07 Å². The Balaban J connectivity index is 1.44. The highest BCUT2D eigenvalue weighted by atomic mass is 32.2. The molecule has 1 aliphatic rings. The first-order valence-electron chi connectivity index (χ1n) is 10.9. The number of hydrogen-bond donors (Lipinski definition) is 2. The molecule has 1 fully saturated rings. The lowest BCUT2D eigenvalue weighted by atomic mass is 10.1. The van der Waals surface area contributed by atoms with Crippen molar-refractivity contribution in [2.24, 2.45) is 0 Å². The Bertz CT molecular complexity index is 1150. The van der Waals surface area contributed by atoms with Crippen LogP contribution in [0.15, 0.2) is 47.4 Å². The molecular weight excluding hydrogens is 488 g/mol. The summed E-state index contributed by atoms with van der Waals surface area (Å²) in [5, 5.41) is 11.7. The van der Waals surface area contributed by atoms with Gasteiger partial charge in [0.15, 0.2) is 11.5 Å². The first kappa shape index (κ1) is 26.2. The number of thioether (sulfide) groups is 1. The standard InChI is InChI=1S/C25H26N2O6S2/c1-32-19-12-7-16(14-20(19)33-2)15-21-23(29)27(25(34)35-21)13-5-3-4-6-22(28)26-18-10-8-17(9-11-18)24(30)31/h7-12,14-15H,3-6,13H2,1-2H3,(H,26,28)(H,30,31). The monoisotopic (exact) mass is 514 g/mol. The molecule has 0 bridgehead atoms. The van der Waals surface area contributed by atoms with Crippen molar-refractivity contribution in [3.63, 3.8) is 0 Å². The zero-order chi connectivity index (χ0) is 25.4.